The van der Waals surface area contributed by atoms with Crippen molar-refractivity contribution in [3.63, 3.8) is 0 Å². The van der Waals surface area contributed by atoms with Crippen LogP contribution < -0.4 is 10.1 Å². The summed E-state index contributed by atoms with van der Waals surface area (Å²) in [6.45, 7) is 3.96. The lowest BCUT2D eigenvalue weighted by molar-refractivity contribution is 0.0933. The van der Waals surface area contributed by atoms with E-state index in [0.717, 1.165) is 30.0 Å². The Balaban J connectivity index is 1.58. The Hall–Kier alpha value is -3.08. The van der Waals surface area contributed by atoms with Crippen LogP contribution in [0.5, 0.6) is 5.75 Å². The van der Waals surface area contributed by atoms with Gasteiger partial charge in [0, 0.05) is 11.7 Å². The monoisotopic (exact) mass is 363 g/mol. The van der Waals surface area contributed by atoms with E-state index in [-0.39, 0.29) is 11.9 Å². The summed E-state index contributed by atoms with van der Waals surface area (Å²) in [5, 5.41) is 7.50. The Morgan fingerprint density at radius 1 is 1.15 bits per heavy atom. The van der Waals surface area contributed by atoms with Crippen molar-refractivity contribution in [1.29, 1.82) is 0 Å². The zero-order valence-corrected chi connectivity index (χ0v) is 16.0. The second-order valence-corrected chi connectivity index (χ2v) is 6.68. The van der Waals surface area contributed by atoms with Crippen LogP contribution in [0.4, 0.5) is 0 Å². The smallest absolute Gasteiger partial charge is 0.272 e. The summed E-state index contributed by atoms with van der Waals surface area (Å²) in [6.07, 6.45) is 1.75. The van der Waals surface area contributed by atoms with Crippen LogP contribution in [0.3, 0.4) is 0 Å². The number of nitrogens with zero attached hydrogens (tertiary/aromatic N) is 2. The molecule has 0 aliphatic carbocycles. The summed E-state index contributed by atoms with van der Waals surface area (Å²) in [7, 11) is 1.66. The molecule has 1 heterocycles. The first-order chi connectivity index (χ1) is 13.1. The largest absolute Gasteiger partial charge is 0.497 e. The number of benzene rings is 2. The Labute approximate surface area is 160 Å². The molecule has 3 aromatic rings. The van der Waals surface area contributed by atoms with Gasteiger partial charge in [-0.2, -0.15) is 5.10 Å². The number of ether oxygens (including phenoxy) is 1. The maximum atomic E-state index is 12.5. The van der Waals surface area contributed by atoms with Crippen LogP contribution in [-0.4, -0.2) is 28.8 Å². The SMILES string of the molecule is COc1ccc(CCC(C)NC(=O)c2cc(C)n(-c3ccccc3)n2)cc1. The first-order valence-corrected chi connectivity index (χ1v) is 9.12. The molecule has 1 aromatic heterocycles. The summed E-state index contributed by atoms with van der Waals surface area (Å²) >= 11 is 0. The average molecular weight is 363 g/mol. The van der Waals surface area contributed by atoms with Crippen molar-refractivity contribution < 1.29 is 9.53 Å². The van der Waals surface area contributed by atoms with Gasteiger partial charge in [0.05, 0.1) is 12.8 Å². The fourth-order valence-electron chi connectivity index (χ4n) is 2.96. The maximum absolute atomic E-state index is 12.5. The molecule has 1 unspecified atom stereocenters. The molecule has 5 nitrogen and oxygen atoms in total. The number of hydrogen-bond donors (Lipinski definition) is 1. The summed E-state index contributed by atoms with van der Waals surface area (Å²) in [5.74, 6) is 0.708. The van der Waals surface area contributed by atoms with Gasteiger partial charge in [-0.1, -0.05) is 30.3 Å². The quantitative estimate of drug-likeness (QED) is 0.692. The second-order valence-electron chi connectivity index (χ2n) is 6.68. The number of hydrogen-bond acceptors (Lipinski definition) is 3. The minimum absolute atomic E-state index is 0.0572. The fraction of sp³-hybridized carbons (Fsp3) is 0.273. The summed E-state index contributed by atoms with van der Waals surface area (Å²) < 4.78 is 6.96. The highest BCUT2D eigenvalue weighted by Gasteiger charge is 2.15. The molecule has 0 fully saturated rings. The third-order valence-corrected chi connectivity index (χ3v) is 4.52. The Morgan fingerprint density at radius 2 is 1.85 bits per heavy atom. The third kappa shape index (κ3) is 4.76. The van der Waals surface area contributed by atoms with Gasteiger partial charge in [0.1, 0.15) is 5.75 Å². The predicted molar refractivity (Wildman–Crippen MR) is 107 cm³/mol. The number of aromatic nitrogens is 2. The summed E-state index contributed by atoms with van der Waals surface area (Å²) in [6, 6.07) is 19.7. The van der Waals surface area contributed by atoms with Crippen molar-refractivity contribution in [3.05, 3.63) is 77.6 Å². The molecule has 5 heteroatoms. The van der Waals surface area contributed by atoms with E-state index in [4.69, 9.17) is 4.74 Å². The third-order valence-electron chi connectivity index (χ3n) is 4.52. The molecule has 27 heavy (non-hydrogen) atoms. The summed E-state index contributed by atoms with van der Waals surface area (Å²) in [5.41, 5.74) is 3.53. The highest BCUT2D eigenvalue weighted by atomic mass is 16.5. The number of aryl methyl sites for hydroxylation is 2. The second kappa shape index (κ2) is 8.54. The highest BCUT2D eigenvalue weighted by molar-refractivity contribution is 5.92. The molecule has 0 aliphatic rings. The van der Waals surface area contributed by atoms with Gasteiger partial charge in [0.25, 0.3) is 5.91 Å². The molecule has 0 aliphatic heterocycles. The van der Waals surface area contributed by atoms with Crippen LogP contribution in [0.1, 0.15) is 35.1 Å². The average Bonchev–Trinajstić information content (AvgIpc) is 3.09. The van der Waals surface area contributed by atoms with E-state index < -0.39 is 0 Å². The normalized spacial score (nSPS) is 11.8. The Kier molecular flexibility index (Phi) is 5.91. The van der Waals surface area contributed by atoms with Gasteiger partial charge in [-0.15, -0.1) is 0 Å². The van der Waals surface area contributed by atoms with Crippen molar-refractivity contribution in [3.8, 4) is 11.4 Å². The highest BCUT2D eigenvalue weighted by Crippen LogP contribution is 2.14. The molecule has 0 spiro atoms. The van der Waals surface area contributed by atoms with Crippen molar-refractivity contribution in [2.45, 2.75) is 32.7 Å². The zero-order valence-electron chi connectivity index (χ0n) is 16.0. The van der Waals surface area contributed by atoms with Gasteiger partial charge in [-0.05, 0) is 62.6 Å². The molecule has 1 amide bonds. The summed E-state index contributed by atoms with van der Waals surface area (Å²) in [4.78, 5) is 12.5. The number of amides is 1. The molecule has 0 bridgehead atoms. The number of para-hydroxylation sites is 1. The molecule has 0 saturated heterocycles. The first-order valence-electron chi connectivity index (χ1n) is 9.12. The lowest BCUT2D eigenvalue weighted by Crippen LogP contribution is -2.33. The van der Waals surface area contributed by atoms with Crippen molar-refractivity contribution in [2.75, 3.05) is 7.11 Å². The van der Waals surface area contributed by atoms with Crippen molar-refractivity contribution >= 4 is 5.91 Å². The minimum atomic E-state index is -0.144. The molecule has 0 saturated carbocycles. The number of rotatable bonds is 7. The number of carbonyl (C=O) groups is 1. The van der Waals surface area contributed by atoms with E-state index in [2.05, 4.69) is 22.5 Å². The van der Waals surface area contributed by atoms with Gasteiger partial charge in [0.15, 0.2) is 5.69 Å². The standard InChI is InChI=1S/C22H25N3O2/c1-16(9-10-18-11-13-20(27-3)14-12-18)23-22(26)21-15-17(2)25(24-21)19-7-5-4-6-8-19/h4-8,11-16H,9-10H2,1-3H3,(H,23,26). The fourth-order valence-corrected chi connectivity index (χ4v) is 2.96. The van der Waals surface area contributed by atoms with Gasteiger partial charge < -0.3 is 10.1 Å². The van der Waals surface area contributed by atoms with Crippen LogP contribution in [0.25, 0.3) is 5.69 Å². The number of nitrogens with one attached hydrogen (secondary N) is 1. The van der Waals surface area contributed by atoms with Gasteiger partial charge in [0.2, 0.25) is 0 Å². The number of methoxy groups -OCH3 is 1. The number of carbonyl (C=O) groups excluding carboxylic acids is 1. The van der Waals surface area contributed by atoms with E-state index in [1.807, 2.05) is 62.4 Å². The van der Waals surface area contributed by atoms with Gasteiger partial charge in [-0.25, -0.2) is 4.68 Å². The lowest BCUT2D eigenvalue weighted by Gasteiger charge is -2.13. The Morgan fingerprint density at radius 3 is 2.52 bits per heavy atom. The van der Waals surface area contributed by atoms with E-state index in [9.17, 15) is 4.79 Å². The molecule has 1 atom stereocenters. The molecule has 140 valence electrons. The van der Waals surface area contributed by atoms with Gasteiger partial charge >= 0.3 is 0 Å². The van der Waals surface area contributed by atoms with E-state index in [0.29, 0.717) is 5.69 Å². The van der Waals surface area contributed by atoms with E-state index in [1.54, 1.807) is 11.8 Å². The maximum Gasteiger partial charge on any atom is 0.272 e. The van der Waals surface area contributed by atoms with Crippen LogP contribution in [0.15, 0.2) is 60.7 Å². The van der Waals surface area contributed by atoms with Crippen molar-refractivity contribution in [1.82, 2.24) is 15.1 Å². The molecular formula is C22H25N3O2. The topological polar surface area (TPSA) is 56.1 Å². The predicted octanol–water partition coefficient (Wildman–Crippen LogP) is 3.94. The molecule has 2 aromatic carbocycles. The van der Waals surface area contributed by atoms with Gasteiger partial charge in [-0.3, -0.25) is 4.79 Å². The van der Waals surface area contributed by atoms with E-state index in [1.165, 1.54) is 5.56 Å². The molecule has 1 N–H and O–H groups in total. The molecule has 3 rings (SSSR count). The van der Waals surface area contributed by atoms with E-state index >= 15 is 0 Å². The first kappa shape index (κ1) is 18.7. The lowest BCUT2D eigenvalue weighted by atomic mass is 10.1. The van der Waals surface area contributed by atoms with Crippen LogP contribution in [-0.2, 0) is 6.42 Å². The molecule has 0 radical (unpaired) electrons. The van der Waals surface area contributed by atoms with Crippen LogP contribution in [0.2, 0.25) is 0 Å². The minimum Gasteiger partial charge on any atom is -0.497 e. The van der Waals surface area contributed by atoms with Crippen LogP contribution in [0, 0.1) is 6.92 Å². The van der Waals surface area contributed by atoms with Crippen molar-refractivity contribution in [2.24, 2.45) is 0 Å². The Bertz CT molecular complexity index is 886. The molecular weight excluding hydrogens is 338 g/mol. The zero-order chi connectivity index (χ0) is 19.2. The van der Waals surface area contributed by atoms with Crippen LogP contribution >= 0.6 is 0 Å².